The number of anilines is 1. The van der Waals surface area contributed by atoms with Crippen LogP contribution in [0, 0.1) is 5.92 Å². The molecule has 0 aliphatic heterocycles. The molecule has 1 aromatic rings. The molecule has 0 bridgehead atoms. The predicted molar refractivity (Wildman–Crippen MR) is 74.2 cm³/mol. The minimum absolute atomic E-state index is 0.609. The van der Waals surface area contributed by atoms with Crippen molar-refractivity contribution in [2.24, 2.45) is 5.92 Å². The SMILES string of the molecule is CCC(CNC)CNc1ccc(OC)cc1Cl. The number of ether oxygens (including phenoxy) is 1. The van der Waals surface area contributed by atoms with Crippen LogP contribution in [0.15, 0.2) is 18.2 Å². The molecule has 0 saturated carbocycles. The Labute approximate surface area is 109 Å². The molecule has 0 aromatic heterocycles. The van der Waals surface area contributed by atoms with E-state index in [1.54, 1.807) is 7.11 Å². The summed E-state index contributed by atoms with van der Waals surface area (Å²) >= 11 is 6.15. The second-order valence-corrected chi connectivity index (χ2v) is 4.47. The van der Waals surface area contributed by atoms with Crippen LogP contribution in [0.4, 0.5) is 5.69 Å². The normalized spacial score (nSPS) is 12.2. The molecule has 0 aliphatic carbocycles. The van der Waals surface area contributed by atoms with Gasteiger partial charge in [0, 0.05) is 12.6 Å². The van der Waals surface area contributed by atoms with Crippen LogP contribution in [0.2, 0.25) is 5.02 Å². The molecule has 1 rings (SSSR count). The van der Waals surface area contributed by atoms with E-state index in [0.29, 0.717) is 10.9 Å². The monoisotopic (exact) mass is 256 g/mol. The van der Waals surface area contributed by atoms with Crippen LogP contribution in [0.3, 0.4) is 0 Å². The molecule has 0 fully saturated rings. The maximum absolute atomic E-state index is 6.15. The molecular formula is C13H21ClN2O. The van der Waals surface area contributed by atoms with Gasteiger partial charge in [0.25, 0.3) is 0 Å². The maximum Gasteiger partial charge on any atom is 0.120 e. The van der Waals surface area contributed by atoms with Gasteiger partial charge < -0.3 is 15.4 Å². The van der Waals surface area contributed by atoms with Gasteiger partial charge in [-0.05, 0) is 31.6 Å². The van der Waals surface area contributed by atoms with Crippen molar-refractivity contribution < 1.29 is 4.74 Å². The Morgan fingerprint density at radius 3 is 2.65 bits per heavy atom. The summed E-state index contributed by atoms with van der Waals surface area (Å²) in [5.41, 5.74) is 0.960. The Bertz CT molecular complexity index is 344. The zero-order valence-corrected chi connectivity index (χ0v) is 11.5. The maximum atomic E-state index is 6.15. The molecule has 96 valence electrons. The summed E-state index contributed by atoms with van der Waals surface area (Å²) in [7, 11) is 3.61. The number of hydrogen-bond acceptors (Lipinski definition) is 3. The summed E-state index contributed by atoms with van der Waals surface area (Å²) in [5, 5.41) is 7.27. The lowest BCUT2D eigenvalue weighted by Crippen LogP contribution is -2.24. The Balaban J connectivity index is 2.56. The van der Waals surface area contributed by atoms with Gasteiger partial charge in [-0.2, -0.15) is 0 Å². The van der Waals surface area contributed by atoms with E-state index in [1.165, 1.54) is 0 Å². The number of methoxy groups -OCH3 is 1. The first kappa shape index (κ1) is 14.1. The highest BCUT2D eigenvalue weighted by Gasteiger charge is 2.07. The fraction of sp³-hybridized carbons (Fsp3) is 0.538. The second-order valence-electron chi connectivity index (χ2n) is 4.06. The minimum atomic E-state index is 0.609. The molecule has 17 heavy (non-hydrogen) atoms. The molecule has 0 amide bonds. The van der Waals surface area contributed by atoms with E-state index in [1.807, 2.05) is 25.2 Å². The fourth-order valence-electron chi connectivity index (χ4n) is 1.67. The second kappa shape index (κ2) is 7.41. The molecule has 0 radical (unpaired) electrons. The third-order valence-electron chi connectivity index (χ3n) is 2.83. The molecule has 1 unspecified atom stereocenters. The number of rotatable bonds is 7. The zero-order chi connectivity index (χ0) is 12.7. The van der Waals surface area contributed by atoms with E-state index in [0.717, 1.165) is 30.9 Å². The van der Waals surface area contributed by atoms with Crippen LogP contribution >= 0.6 is 11.6 Å². The van der Waals surface area contributed by atoms with Crippen molar-refractivity contribution in [2.45, 2.75) is 13.3 Å². The lowest BCUT2D eigenvalue weighted by Gasteiger charge is -2.17. The van der Waals surface area contributed by atoms with Crippen LogP contribution in [0.1, 0.15) is 13.3 Å². The summed E-state index contributed by atoms with van der Waals surface area (Å²) in [5.74, 6) is 1.39. The first-order chi connectivity index (χ1) is 8.21. The van der Waals surface area contributed by atoms with Gasteiger partial charge in [0.1, 0.15) is 5.75 Å². The number of benzene rings is 1. The van der Waals surface area contributed by atoms with E-state index in [9.17, 15) is 0 Å². The van der Waals surface area contributed by atoms with Gasteiger partial charge in [-0.3, -0.25) is 0 Å². The largest absolute Gasteiger partial charge is 0.497 e. The van der Waals surface area contributed by atoms with Crippen molar-refractivity contribution in [3.63, 3.8) is 0 Å². The zero-order valence-electron chi connectivity index (χ0n) is 10.7. The average Bonchev–Trinajstić information content (AvgIpc) is 2.35. The van der Waals surface area contributed by atoms with Gasteiger partial charge in [-0.1, -0.05) is 24.9 Å². The molecule has 2 N–H and O–H groups in total. The molecular weight excluding hydrogens is 236 g/mol. The van der Waals surface area contributed by atoms with Crippen molar-refractivity contribution in [3.05, 3.63) is 23.2 Å². The predicted octanol–water partition coefficient (Wildman–Crippen LogP) is 3.01. The molecule has 4 heteroatoms. The standard InChI is InChI=1S/C13H21ClN2O/c1-4-10(8-15-2)9-16-13-6-5-11(17-3)7-12(13)14/h5-7,10,15-16H,4,8-9H2,1-3H3. The third kappa shape index (κ3) is 4.44. The van der Waals surface area contributed by atoms with Crippen molar-refractivity contribution in [3.8, 4) is 5.75 Å². The van der Waals surface area contributed by atoms with Crippen LogP contribution in [-0.2, 0) is 0 Å². The van der Waals surface area contributed by atoms with Crippen molar-refractivity contribution in [1.29, 1.82) is 0 Å². The Morgan fingerprint density at radius 1 is 1.35 bits per heavy atom. The smallest absolute Gasteiger partial charge is 0.120 e. The molecule has 1 atom stereocenters. The van der Waals surface area contributed by atoms with Crippen molar-refractivity contribution in [1.82, 2.24) is 5.32 Å². The number of nitrogens with one attached hydrogen (secondary N) is 2. The van der Waals surface area contributed by atoms with Crippen LogP contribution in [0.25, 0.3) is 0 Å². The molecule has 0 heterocycles. The van der Waals surface area contributed by atoms with Gasteiger partial charge in [-0.25, -0.2) is 0 Å². The molecule has 1 aromatic carbocycles. The highest BCUT2D eigenvalue weighted by atomic mass is 35.5. The Hall–Kier alpha value is -0.930. The molecule has 3 nitrogen and oxygen atoms in total. The number of hydrogen-bond donors (Lipinski definition) is 2. The van der Waals surface area contributed by atoms with Gasteiger partial charge >= 0.3 is 0 Å². The van der Waals surface area contributed by atoms with Crippen LogP contribution < -0.4 is 15.4 Å². The van der Waals surface area contributed by atoms with E-state index in [4.69, 9.17) is 16.3 Å². The van der Waals surface area contributed by atoms with Gasteiger partial charge in [0.05, 0.1) is 17.8 Å². The summed E-state index contributed by atoms with van der Waals surface area (Å²) < 4.78 is 5.11. The van der Waals surface area contributed by atoms with Crippen LogP contribution in [0.5, 0.6) is 5.75 Å². The Morgan fingerprint density at radius 2 is 2.12 bits per heavy atom. The third-order valence-corrected chi connectivity index (χ3v) is 3.14. The molecule has 0 aliphatic rings. The lowest BCUT2D eigenvalue weighted by atomic mass is 10.1. The number of halogens is 1. The van der Waals surface area contributed by atoms with Gasteiger partial charge in [0.15, 0.2) is 0 Å². The quantitative estimate of drug-likeness (QED) is 0.787. The van der Waals surface area contributed by atoms with E-state index >= 15 is 0 Å². The fourth-order valence-corrected chi connectivity index (χ4v) is 1.91. The minimum Gasteiger partial charge on any atom is -0.497 e. The summed E-state index contributed by atoms with van der Waals surface area (Å²) in [6.07, 6.45) is 1.14. The van der Waals surface area contributed by atoms with Crippen LogP contribution in [-0.4, -0.2) is 27.2 Å². The van der Waals surface area contributed by atoms with E-state index < -0.39 is 0 Å². The Kier molecular flexibility index (Phi) is 6.16. The summed E-state index contributed by atoms with van der Waals surface area (Å²) in [6.45, 7) is 4.12. The van der Waals surface area contributed by atoms with E-state index in [-0.39, 0.29) is 0 Å². The van der Waals surface area contributed by atoms with Gasteiger partial charge in [-0.15, -0.1) is 0 Å². The van der Waals surface area contributed by atoms with Crippen molar-refractivity contribution >= 4 is 17.3 Å². The average molecular weight is 257 g/mol. The van der Waals surface area contributed by atoms with E-state index in [2.05, 4.69) is 17.6 Å². The summed E-state index contributed by atoms with van der Waals surface area (Å²) in [4.78, 5) is 0. The molecule has 0 saturated heterocycles. The summed E-state index contributed by atoms with van der Waals surface area (Å²) in [6, 6.07) is 5.68. The highest BCUT2D eigenvalue weighted by molar-refractivity contribution is 6.33. The highest BCUT2D eigenvalue weighted by Crippen LogP contribution is 2.26. The first-order valence-corrected chi connectivity index (χ1v) is 6.31. The topological polar surface area (TPSA) is 33.3 Å². The first-order valence-electron chi connectivity index (χ1n) is 5.93. The van der Waals surface area contributed by atoms with Gasteiger partial charge in [0.2, 0.25) is 0 Å². The lowest BCUT2D eigenvalue weighted by molar-refractivity contribution is 0.415. The molecule has 0 spiro atoms. The van der Waals surface area contributed by atoms with Crippen molar-refractivity contribution in [2.75, 3.05) is 32.6 Å².